The van der Waals surface area contributed by atoms with Crippen molar-refractivity contribution in [2.75, 3.05) is 26.2 Å². The van der Waals surface area contributed by atoms with Gasteiger partial charge in [0.1, 0.15) is 6.54 Å². The molecule has 158 valence electrons. The van der Waals surface area contributed by atoms with E-state index in [1.165, 1.54) is 17.2 Å². The van der Waals surface area contributed by atoms with Crippen molar-refractivity contribution in [2.24, 2.45) is 0 Å². The number of imidazole rings is 1. The molecule has 3 aromatic rings. The molecule has 0 aliphatic carbocycles. The molecule has 1 fully saturated rings. The SMILES string of the molecule is Cc1ccccc1CN1CCN(C(=O)Cn2c(C(F)(F)F)nc3ccccc32)CC1. The molecular weight excluding hydrogens is 393 g/mol. The number of para-hydroxylation sites is 2. The molecule has 1 amide bonds. The molecule has 0 unspecified atom stereocenters. The van der Waals surface area contributed by atoms with E-state index in [-0.39, 0.29) is 18.0 Å². The van der Waals surface area contributed by atoms with Crippen molar-refractivity contribution >= 4 is 16.9 Å². The Balaban J connectivity index is 1.44. The molecule has 2 heterocycles. The Bertz CT molecular complexity index is 1050. The lowest BCUT2D eigenvalue weighted by atomic mass is 10.1. The Hall–Kier alpha value is -2.87. The van der Waals surface area contributed by atoms with Crippen LogP contribution in [0.5, 0.6) is 0 Å². The van der Waals surface area contributed by atoms with E-state index in [2.05, 4.69) is 28.9 Å². The smallest absolute Gasteiger partial charge is 0.339 e. The lowest BCUT2D eigenvalue weighted by Crippen LogP contribution is -2.49. The summed E-state index contributed by atoms with van der Waals surface area (Å²) in [5.41, 5.74) is 3.02. The number of amides is 1. The number of rotatable bonds is 4. The zero-order valence-corrected chi connectivity index (χ0v) is 16.7. The minimum atomic E-state index is -4.62. The molecule has 8 heteroatoms. The van der Waals surface area contributed by atoms with Crippen molar-refractivity contribution in [3.8, 4) is 0 Å². The summed E-state index contributed by atoms with van der Waals surface area (Å²) in [6.07, 6.45) is -4.62. The first-order valence-electron chi connectivity index (χ1n) is 9.90. The van der Waals surface area contributed by atoms with Gasteiger partial charge in [-0.15, -0.1) is 0 Å². The number of fused-ring (bicyclic) bond motifs is 1. The van der Waals surface area contributed by atoms with E-state index in [9.17, 15) is 18.0 Å². The number of alkyl halides is 3. The van der Waals surface area contributed by atoms with Crippen molar-refractivity contribution in [3.05, 3.63) is 65.5 Å². The third-order valence-electron chi connectivity index (χ3n) is 5.58. The summed E-state index contributed by atoms with van der Waals surface area (Å²) in [6.45, 7) is 4.89. The number of halogens is 3. The molecule has 2 aromatic carbocycles. The molecule has 1 aliphatic rings. The average molecular weight is 416 g/mol. The van der Waals surface area contributed by atoms with E-state index < -0.39 is 12.0 Å². The second-order valence-corrected chi connectivity index (χ2v) is 7.59. The number of carbonyl (C=O) groups excluding carboxylic acids is 1. The van der Waals surface area contributed by atoms with Crippen LogP contribution in [0.4, 0.5) is 13.2 Å². The van der Waals surface area contributed by atoms with E-state index in [4.69, 9.17) is 0 Å². The van der Waals surface area contributed by atoms with E-state index >= 15 is 0 Å². The zero-order valence-electron chi connectivity index (χ0n) is 16.7. The van der Waals surface area contributed by atoms with Gasteiger partial charge >= 0.3 is 6.18 Å². The van der Waals surface area contributed by atoms with Crippen LogP contribution in [-0.2, 0) is 24.1 Å². The summed E-state index contributed by atoms with van der Waals surface area (Å²) in [4.78, 5) is 20.4. The second kappa shape index (κ2) is 8.10. The predicted octanol–water partition coefficient (Wildman–Crippen LogP) is 3.71. The van der Waals surface area contributed by atoms with Crippen LogP contribution in [-0.4, -0.2) is 51.4 Å². The van der Waals surface area contributed by atoms with Crippen molar-refractivity contribution in [1.82, 2.24) is 19.4 Å². The predicted molar refractivity (Wildman–Crippen MR) is 108 cm³/mol. The van der Waals surface area contributed by atoms with Crippen LogP contribution < -0.4 is 0 Å². The van der Waals surface area contributed by atoms with Crippen LogP contribution in [0.15, 0.2) is 48.5 Å². The maximum Gasteiger partial charge on any atom is 0.449 e. The van der Waals surface area contributed by atoms with Gasteiger partial charge < -0.3 is 9.47 Å². The summed E-state index contributed by atoms with van der Waals surface area (Å²) in [5.74, 6) is -1.35. The number of hydrogen-bond acceptors (Lipinski definition) is 3. The highest BCUT2D eigenvalue weighted by molar-refractivity contribution is 5.81. The lowest BCUT2D eigenvalue weighted by Gasteiger charge is -2.35. The van der Waals surface area contributed by atoms with Gasteiger partial charge in [0.05, 0.1) is 11.0 Å². The molecule has 5 nitrogen and oxygen atoms in total. The standard InChI is InChI=1S/C22H23F3N4O/c1-16-6-2-3-7-17(16)14-27-10-12-28(13-11-27)20(30)15-29-19-9-5-4-8-18(19)26-21(29)22(23,24)25/h2-9H,10-15H2,1H3. The quantitative estimate of drug-likeness (QED) is 0.651. The second-order valence-electron chi connectivity index (χ2n) is 7.59. The number of benzene rings is 2. The van der Waals surface area contributed by atoms with Crippen LogP contribution in [0.2, 0.25) is 0 Å². The first kappa shape index (κ1) is 20.4. The summed E-state index contributed by atoms with van der Waals surface area (Å²) < 4.78 is 41.3. The molecule has 1 aliphatic heterocycles. The molecular formula is C22H23F3N4O. The van der Waals surface area contributed by atoms with Crippen LogP contribution in [0, 0.1) is 6.92 Å². The minimum Gasteiger partial charge on any atom is -0.339 e. The summed E-state index contributed by atoms with van der Waals surface area (Å²) >= 11 is 0. The van der Waals surface area contributed by atoms with Crippen LogP contribution in [0.3, 0.4) is 0 Å². The third-order valence-corrected chi connectivity index (χ3v) is 5.58. The topological polar surface area (TPSA) is 41.4 Å². The molecule has 0 atom stereocenters. The fourth-order valence-electron chi connectivity index (χ4n) is 3.87. The fourth-order valence-corrected chi connectivity index (χ4v) is 3.87. The van der Waals surface area contributed by atoms with E-state index in [0.29, 0.717) is 31.7 Å². The molecule has 0 radical (unpaired) electrons. The molecule has 4 rings (SSSR count). The fraction of sp³-hybridized carbons (Fsp3) is 0.364. The maximum absolute atomic E-state index is 13.5. The van der Waals surface area contributed by atoms with Crippen molar-refractivity contribution in [2.45, 2.75) is 26.2 Å². The van der Waals surface area contributed by atoms with Gasteiger partial charge in [-0.05, 0) is 30.2 Å². The first-order chi connectivity index (χ1) is 14.3. The monoisotopic (exact) mass is 416 g/mol. The van der Waals surface area contributed by atoms with Crippen molar-refractivity contribution in [3.63, 3.8) is 0 Å². The number of aryl methyl sites for hydroxylation is 1. The summed E-state index contributed by atoms with van der Waals surface area (Å²) in [7, 11) is 0. The largest absolute Gasteiger partial charge is 0.449 e. The number of piperazine rings is 1. The van der Waals surface area contributed by atoms with E-state index in [1.807, 2.05) is 12.1 Å². The van der Waals surface area contributed by atoms with Crippen LogP contribution in [0.25, 0.3) is 11.0 Å². The van der Waals surface area contributed by atoms with Crippen LogP contribution >= 0.6 is 0 Å². The van der Waals surface area contributed by atoms with Gasteiger partial charge in [-0.3, -0.25) is 9.69 Å². The molecule has 30 heavy (non-hydrogen) atoms. The van der Waals surface area contributed by atoms with Gasteiger partial charge in [0, 0.05) is 32.7 Å². The Morgan fingerprint density at radius 3 is 2.37 bits per heavy atom. The van der Waals surface area contributed by atoms with Gasteiger partial charge in [0.15, 0.2) is 0 Å². The van der Waals surface area contributed by atoms with Gasteiger partial charge in [0.2, 0.25) is 11.7 Å². The van der Waals surface area contributed by atoms with Gasteiger partial charge in [0.25, 0.3) is 0 Å². The van der Waals surface area contributed by atoms with Gasteiger partial charge in [-0.2, -0.15) is 13.2 Å². The molecule has 1 saturated heterocycles. The maximum atomic E-state index is 13.5. The third kappa shape index (κ3) is 4.18. The van der Waals surface area contributed by atoms with Crippen molar-refractivity contribution in [1.29, 1.82) is 0 Å². The summed E-state index contributed by atoms with van der Waals surface area (Å²) in [5, 5.41) is 0. The van der Waals surface area contributed by atoms with Gasteiger partial charge in [-0.1, -0.05) is 36.4 Å². The molecule has 0 saturated carbocycles. The molecule has 0 spiro atoms. The molecule has 1 aromatic heterocycles. The molecule has 0 N–H and O–H groups in total. The Kier molecular flexibility index (Phi) is 5.51. The normalized spacial score (nSPS) is 15.7. The lowest BCUT2D eigenvalue weighted by molar-refractivity contribution is -0.148. The summed E-state index contributed by atoms with van der Waals surface area (Å²) in [6, 6.07) is 14.5. The number of nitrogens with zero attached hydrogens (tertiary/aromatic N) is 4. The minimum absolute atomic E-state index is 0.237. The highest BCUT2D eigenvalue weighted by Gasteiger charge is 2.38. The van der Waals surface area contributed by atoms with E-state index in [1.54, 1.807) is 23.1 Å². The first-order valence-corrected chi connectivity index (χ1v) is 9.90. The Morgan fingerprint density at radius 2 is 1.67 bits per heavy atom. The molecule has 0 bridgehead atoms. The number of hydrogen-bond donors (Lipinski definition) is 0. The average Bonchev–Trinajstić information content (AvgIpc) is 3.09. The van der Waals surface area contributed by atoms with Crippen molar-refractivity contribution < 1.29 is 18.0 Å². The highest BCUT2D eigenvalue weighted by Crippen LogP contribution is 2.31. The number of aromatic nitrogens is 2. The highest BCUT2D eigenvalue weighted by atomic mass is 19.4. The Labute approximate surface area is 172 Å². The van der Waals surface area contributed by atoms with E-state index in [0.717, 1.165) is 11.1 Å². The Morgan fingerprint density at radius 1 is 1.00 bits per heavy atom. The van der Waals surface area contributed by atoms with Gasteiger partial charge in [-0.25, -0.2) is 4.98 Å². The van der Waals surface area contributed by atoms with Crippen LogP contribution in [0.1, 0.15) is 17.0 Å². The number of carbonyl (C=O) groups is 1. The zero-order chi connectivity index (χ0) is 21.3.